The Labute approximate surface area is 368 Å². The number of H-pyrrole nitrogens is 1. The van der Waals surface area contributed by atoms with Gasteiger partial charge in [0.15, 0.2) is 5.96 Å². The number of fused-ring (bicyclic) bond motifs is 1. The van der Waals surface area contributed by atoms with Crippen LogP contribution in [0.25, 0.3) is 10.9 Å². The van der Waals surface area contributed by atoms with Crippen LogP contribution in [0, 0.1) is 12.3 Å². The molecule has 0 unspecified atom stereocenters. The fraction of sp³-hybridized carbons (Fsp3) is 0.426. The van der Waals surface area contributed by atoms with Gasteiger partial charge in [-0.25, -0.2) is 0 Å². The Kier molecular flexibility index (Phi) is 17.2. The van der Waals surface area contributed by atoms with Crippen LogP contribution in [0.5, 0.6) is 0 Å². The van der Waals surface area contributed by atoms with Crippen molar-refractivity contribution in [3.63, 3.8) is 0 Å². The Morgan fingerprint density at radius 3 is 2.11 bits per heavy atom. The highest BCUT2D eigenvalue weighted by atomic mass is 16.2. The number of amides is 6. The van der Waals surface area contributed by atoms with Crippen LogP contribution in [0.15, 0.2) is 85.1 Å². The molecular formula is C47H62N10O6. The molecule has 16 nitrogen and oxygen atoms in total. The molecule has 1 saturated carbocycles. The number of hydrogen-bond donors (Lipinski definition) is 10. The molecule has 6 amide bonds. The lowest BCUT2D eigenvalue weighted by Crippen LogP contribution is -2.64. The second kappa shape index (κ2) is 22.9. The number of primary amides is 1. The van der Waals surface area contributed by atoms with E-state index in [1.54, 1.807) is 6.20 Å². The average molecular weight is 863 g/mol. The van der Waals surface area contributed by atoms with E-state index in [2.05, 4.69) is 61.2 Å². The zero-order valence-electron chi connectivity index (χ0n) is 36.2. The van der Waals surface area contributed by atoms with Crippen molar-refractivity contribution in [1.82, 2.24) is 36.9 Å². The van der Waals surface area contributed by atoms with Crippen LogP contribution in [0.1, 0.15) is 92.9 Å². The summed E-state index contributed by atoms with van der Waals surface area (Å²) < 4.78 is 0. The third-order valence-electron chi connectivity index (χ3n) is 11.6. The van der Waals surface area contributed by atoms with Gasteiger partial charge in [0.25, 0.3) is 0 Å². The zero-order valence-corrected chi connectivity index (χ0v) is 36.2. The molecule has 3 aromatic carbocycles. The van der Waals surface area contributed by atoms with E-state index in [9.17, 15) is 28.8 Å². The van der Waals surface area contributed by atoms with E-state index in [1.165, 1.54) is 5.56 Å². The molecule has 336 valence electrons. The molecule has 0 radical (unpaired) electrons. The maximum Gasteiger partial charge on any atom is 0.246 e. The van der Waals surface area contributed by atoms with Crippen LogP contribution in [0.2, 0.25) is 0 Å². The van der Waals surface area contributed by atoms with Crippen molar-refractivity contribution in [2.75, 3.05) is 13.1 Å². The van der Waals surface area contributed by atoms with Crippen LogP contribution >= 0.6 is 0 Å². The molecule has 1 fully saturated rings. The van der Waals surface area contributed by atoms with E-state index in [-0.39, 0.29) is 56.4 Å². The highest BCUT2D eigenvalue weighted by Gasteiger charge is 2.44. The number of rotatable bonds is 22. The molecule has 1 aliphatic carbocycles. The SMILES string of the molecule is CCCCC(=O)N[C@]1(C(=O)N[C@H](Cc2ccccc2)C(=O)N[C@@H](CCCNC(=N)N)C(=O)N[C@@H](Cc2c[nH]c3ccccc23)C(=O)NCC(N)=O)CC[C@H](c2ccc(C)cc2)CC1. The van der Waals surface area contributed by atoms with Gasteiger partial charge in [0.1, 0.15) is 23.7 Å². The van der Waals surface area contributed by atoms with Crippen molar-refractivity contribution in [2.45, 2.75) is 114 Å². The predicted octanol–water partition coefficient (Wildman–Crippen LogP) is 2.98. The first-order chi connectivity index (χ1) is 30.3. The lowest BCUT2D eigenvalue weighted by atomic mass is 9.73. The number of para-hydroxylation sites is 1. The molecule has 63 heavy (non-hydrogen) atoms. The molecule has 5 rings (SSSR count). The largest absolute Gasteiger partial charge is 0.370 e. The van der Waals surface area contributed by atoms with Crippen molar-refractivity contribution in [2.24, 2.45) is 11.5 Å². The normalized spacial score (nSPS) is 17.3. The maximum atomic E-state index is 14.7. The van der Waals surface area contributed by atoms with Crippen molar-refractivity contribution in [1.29, 1.82) is 5.41 Å². The summed E-state index contributed by atoms with van der Waals surface area (Å²) in [6.45, 7) is 3.78. The lowest BCUT2D eigenvalue weighted by molar-refractivity contribution is -0.138. The Hall–Kier alpha value is -6.71. The van der Waals surface area contributed by atoms with Gasteiger partial charge in [0, 0.05) is 42.9 Å². The first kappa shape index (κ1) is 47.3. The first-order valence-corrected chi connectivity index (χ1v) is 21.8. The average Bonchev–Trinajstić information content (AvgIpc) is 3.68. The Morgan fingerprint density at radius 2 is 1.43 bits per heavy atom. The number of guanidine groups is 1. The van der Waals surface area contributed by atoms with Gasteiger partial charge in [-0.15, -0.1) is 0 Å². The number of benzene rings is 3. The molecule has 1 aliphatic rings. The number of nitrogens with one attached hydrogen (secondary N) is 8. The van der Waals surface area contributed by atoms with Gasteiger partial charge in [-0.2, -0.15) is 0 Å². The van der Waals surface area contributed by atoms with Crippen LogP contribution in [-0.4, -0.2) is 83.1 Å². The van der Waals surface area contributed by atoms with Gasteiger partial charge in [-0.3, -0.25) is 34.2 Å². The van der Waals surface area contributed by atoms with Crippen molar-refractivity contribution in [3.8, 4) is 0 Å². The third-order valence-corrected chi connectivity index (χ3v) is 11.6. The van der Waals surface area contributed by atoms with E-state index >= 15 is 0 Å². The molecule has 3 atom stereocenters. The molecule has 0 aliphatic heterocycles. The van der Waals surface area contributed by atoms with Gasteiger partial charge in [-0.05, 0) is 80.5 Å². The number of aryl methyl sites for hydroxylation is 1. The standard InChI is InChI=1S/C47H62N10O6/c1-3-4-16-41(59)57-47(23-21-33(22-24-47)32-19-17-30(2)18-20-32)45(63)56-38(26-31-11-6-5-7-12-31)44(62)54-37(15-10-25-51-46(49)50)43(61)55-39(42(60)53-29-40(48)58)27-34-28-52-36-14-9-8-13-35(34)36/h5-9,11-14,17-20,28,33,37-39,52H,3-4,10,15-16,21-27,29H2,1-2H3,(H2,48,58)(H,53,60)(H,54,62)(H,55,61)(H,56,63)(H,57,59)(H4,49,50,51)/t33-,37-,38+,39-,47+/m0/s1. The number of nitrogens with two attached hydrogens (primary N) is 2. The predicted molar refractivity (Wildman–Crippen MR) is 242 cm³/mol. The summed E-state index contributed by atoms with van der Waals surface area (Å²) in [4.78, 5) is 85.2. The summed E-state index contributed by atoms with van der Waals surface area (Å²) in [6, 6.07) is 21.4. The smallest absolute Gasteiger partial charge is 0.246 e. The summed E-state index contributed by atoms with van der Waals surface area (Å²) in [5.74, 6) is -3.56. The van der Waals surface area contributed by atoms with E-state index < -0.39 is 59.7 Å². The summed E-state index contributed by atoms with van der Waals surface area (Å²) in [7, 11) is 0. The fourth-order valence-electron chi connectivity index (χ4n) is 8.08. The highest BCUT2D eigenvalue weighted by Crippen LogP contribution is 2.38. The van der Waals surface area contributed by atoms with Crippen molar-refractivity contribution >= 4 is 52.3 Å². The second-order valence-electron chi connectivity index (χ2n) is 16.5. The minimum atomic E-state index is -1.27. The number of aromatic nitrogens is 1. The monoisotopic (exact) mass is 862 g/mol. The molecule has 0 bridgehead atoms. The molecule has 0 saturated heterocycles. The molecule has 1 heterocycles. The molecule has 1 aromatic heterocycles. The molecule has 0 spiro atoms. The van der Waals surface area contributed by atoms with E-state index in [0.717, 1.165) is 34.0 Å². The van der Waals surface area contributed by atoms with Gasteiger partial charge in [0.05, 0.1) is 6.54 Å². The molecule has 4 aromatic rings. The number of unbranched alkanes of at least 4 members (excludes halogenated alkanes) is 1. The summed E-state index contributed by atoms with van der Waals surface area (Å²) in [5, 5.41) is 25.3. The zero-order chi connectivity index (χ0) is 45.4. The highest BCUT2D eigenvalue weighted by molar-refractivity contribution is 5.98. The minimum Gasteiger partial charge on any atom is -0.370 e. The first-order valence-electron chi connectivity index (χ1n) is 21.8. The fourth-order valence-corrected chi connectivity index (χ4v) is 8.08. The molecular weight excluding hydrogens is 801 g/mol. The third kappa shape index (κ3) is 13.9. The minimum absolute atomic E-state index is 0.0381. The van der Waals surface area contributed by atoms with Gasteiger partial charge in [0.2, 0.25) is 35.4 Å². The second-order valence-corrected chi connectivity index (χ2v) is 16.5. The van der Waals surface area contributed by atoms with Crippen LogP contribution in [0.4, 0.5) is 0 Å². The van der Waals surface area contributed by atoms with E-state index in [1.807, 2.05) is 68.4 Å². The maximum absolute atomic E-state index is 14.7. The van der Waals surface area contributed by atoms with Gasteiger partial charge >= 0.3 is 0 Å². The van der Waals surface area contributed by atoms with Crippen LogP contribution < -0.4 is 43.4 Å². The summed E-state index contributed by atoms with van der Waals surface area (Å²) in [6.07, 6.45) is 5.93. The summed E-state index contributed by atoms with van der Waals surface area (Å²) >= 11 is 0. The van der Waals surface area contributed by atoms with Crippen molar-refractivity contribution in [3.05, 3.63) is 107 Å². The molecule has 12 N–H and O–H groups in total. The number of aromatic amines is 1. The topological polar surface area (TPSA) is 266 Å². The number of hydrogen-bond acceptors (Lipinski definition) is 7. The van der Waals surface area contributed by atoms with Gasteiger partial charge < -0.3 is 48.4 Å². The number of carbonyl (C=O) groups is 6. The van der Waals surface area contributed by atoms with Crippen molar-refractivity contribution < 1.29 is 28.8 Å². The van der Waals surface area contributed by atoms with Gasteiger partial charge in [-0.1, -0.05) is 91.7 Å². The Morgan fingerprint density at radius 1 is 0.778 bits per heavy atom. The van der Waals surface area contributed by atoms with E-state index in [0.29, 0.717) is 32.1 Å². The lowest BCUT2D eigenvalue weighted by Gasteiger charge is -2.40. The quantitative estimate of drug-likeness (QED) is 0.0318. The Bertz CT molecular complexity index is 2200. The van der Waals surface area contributed by atoms with Crippen LogP contribution in [-0.2, 0) is 41.6 Å². The number of carbonyl (C=O) groups excluding carboxylic acids is 6. The van der Waals surface area contributed by atoms with Crippen LogP contribution in [0.3, 0.4) is 0 Å². The summed E-state index contributed by atoms with van der Waals surface area (Å²) in [5.41, 5.74) is 14.2. The van der Waals surface area contributed by atoms with E-state index in [4.69, 9.17) is 16.9 Å². The molecule has 16 heteroatoms. The Balaban J connectivity index is 1.41.